The van der Waals surface area contributed by atoms with E-state index in [9.17, 15) is 0 Å². The van der Waals surface area contributed by atoms with E-state index in [1.165, 1.54) is 0 Å². The summed E-state index contributed by atoms with van der Waals surface area (Å²) >= 11 is 28.8. The normalized spacial score (nSPS) is 13.0. The van der Waals surface area contributed by atoms with E-state index >= 15 is 0 Å². The summed E-state index contributed by atoms with van der Waals surface area (Å²) in [7, 11) is 0. The van der Waals surface area contributed by atoms with Crippen LogP contribution in [-0.4, -0.2) is 3.79 Å². The van der Waals surface area contributed by atoms with E-state index in [1.807, 2.05) is 0 Å². The zero-order valence-electron chi connectivity index (χ0n) is 6.91. The van der Waals surface area contributed by atoms with Crippen LogP contribution in [0.2, 0.25) is 0 Å². The molecule has 0 aliphatic heterocycles. The molecule has 77 valence electrons. The first-order chi connectivity index (χ1) is 6.25. The van der Waals surface area contributed by atoms with Gasteiger partial charge in [-0.2, -0.15) is 0 Å². The molecule has 0 amide bonds. The Bertz CT molecular complexity index is 309. The third kappa shape index (κ3) is 2.62. The molecule has 0 aliphatic carbocycles. The molecule has 5 heteroatoms. The summed E-state index contributed by atoms with van der Waals surface area (Å²) in [5, 5.41) is 0. The molecule has 0 saturated heterocycles. The maximum atomic E-state index is 5.94. The van der Waals surface area contributed by atoms with Gasteiger partial charge in [-0.3, -0.25) is 0 Å². The maximum Gasteiger partial charge on any atom is 0.227 e. The van der Waals surface area contributed by atoms with Crippen LogP contribution in [0.15, 0.2) is 24.3 Å². The summed E-state index contributed by atoms with van der Waals surface area (Å²) < 4.78 is -3.34. The highest BCUT2D eigenvalue weighted by molar-refractivity contribution is 6.75. The van der Waals surface area contributed by atoms with Crippen molar-refractivity contribution in [3.63, 3.8) is 0 Å². The van der Waals surface area contributed by atoms with Crippen molar-refractivity contribution < 1.29 is 0 Å². The summed E-state index contributed by atoms with van der Waals surface area (Å²) in [5.41, 5.74) is 1.36. The molecule has 0 saturated carbocycles. The van der Waals surface area contributed by atoms with E-state index in [4.69, 9.17) is 58.0 Å². The van der Waals surface area contributed by atoms with E-state index < -0.39 is 8.13 Å². The van der Waals surface area contributed by atoms with E-state index in [2.05, 4.69) is 6.92 Å². The predicted octanol–water partition coefficient (Wildman–Crippen LogP) is 4.87. The molecule has 0 nitrogen and oxygen atoms in total. The first kappa shape index (κ1) is 12.7. The molecule has 0 fully saturated rings. The highest BCUT2D eigenvalue weighted by Gasteiger charge is 2.47. The fourth-order valence-corrected chi connectivity index (χ4v) is 1.46. The first-order valence-corrected chi connectivity index (χ1v) is 5.51. The zero-order chi connectivity index (χ0) is 11.0. The van der Waals surface area contributed by atoms with Gasteiger partial charge in [0, 0.05) is 0 Å². The van der Waals surface area contributed by atoms with Gasteiger partial charge in [0.05, 0.1) is 0 Å². The van der Waals surface area contributed by atoms with Crippen molar-refractivity contribution in [2.75, 3.05) is 0 Å². The highest BCUT2D eigenvalue weighted by atomic mass is 35.6. The van der Waals surface area contributed by atoms with Gasteiger partial charge in [0.25, 0.3) is 0 Å². The monoisotopic (exact) mass is 289 g/mol. The lowest BCUT2D eigenvalue weighted by molar-refractivity contribution is 0.877. The van der Waals surface area contributed by atoms with Gasteiger partial charge in [-0.15, -0.1) is 0 Å². The van der Waals surface area contributed by atoms with E-state index in [0.29, 0.717) is 5.56 Å². The molecule has 1 radical (unpaired) electrons. The number of halogens is 5. The number of hydrogen-bond donors (Lipinski definition) is 0. The second-order valence-electron chi connectivity index (χ2n) is 2.77. The van der Waals surface area contributed by atoms with Gasteiger partial charge < -0.3 is 0 Å². The second-order valence-corrected chi connectivity index (χ2v) is 6.38. The minimum absolute atomic E-state index is 0.522. The molecular weight excluding hydrogens is 285 g/mol. The van der Waals surface area contributed by atoms with Gasteiger partial charge in [-0.25, -0.2) is 0 Å². The minimum Gasteiger partial charge on any atom is -0.0915 e. The summed E-state index contributed by atoms with van der Waals surface area (Å²) in [6.07, 6.45) is 0. The molecule has 0 bridgehead atoms. The molecule has 0 aliphatic rings. The Morgan fingerprint density at radius 3 is 1.64 bits per heavy atom. The van der Waals surface area contributed by atoms with Gasteiger partial charge in [-0.1, -0.05) is 82.3 Å². The summed E-state index contributed by atoms with van der Waals surface area (Å²) in [6, 6.07) is 6.82. The smallest absolute Gasteiger partial charge is 0.0915 e. The van der Waals surface area contributed by atoms with E-state index in [-0.39, 0.29) is 0 Å². The average Bonchev–Trinajstić information content (AvgIpc) is 2.03. The summed E-state index contributed by atoms with van der Waals surface area (Å²) in [6.45, 7) is 3.72. The number of alkyl halides is 5. The maximum absolute atomic E-state index is 5.94. The van der Waals surface area contributed by atoms with Crippen LogP contribution in [0.1, 0.15) is 11.1 Å². The van der Waals surface area contributed by atoms with E-state index in [1.54, 1.807) is 24.3 Å². The van der Waals surface area contributed by atoms with Crippen molar-refractivity contribution in [3.05, 3.63) is 42.3 Å². The molecule has 14 heavy (non-hydrogen) atoms. The van der Waals surface area contributed by atoms with Crippen molar-refractivity contribution in [1.82, 2.24) is 0 Å². The largest absolute Gasteiger partial charge is 0.227 e. The van der Waals surface area contributed by atoms with Crippen LogP contribution in [0.25, 0.3) is 0 Å². The van der Waals surface area contributed by atoms with Crippen molar-refractivity contribution >= 4 is 58.0 Å². The SMILES string of the molecule is [CH2]c1ccc(C(Cl)(Cl)C(Cl)(Cl)Cl)cc1. The number of benzene rings is 1. The lowest BCUT2D eigenvalue weighted by atomic mass is 10.1. The van der Waals surface area contributed by atoms with Crippen molar-refractivity contribution in [3.8, 4) is 0 Å². The minimum atomic E-state index is -1.78. The van der Waals surface area contributed by atoms with Crippen LogP contribution >= 0.6 is 58.0 Å². The molecule has 1 aromatic carbocycles. The first-order valence-electron chi connectivity index (χ1n) is 3.62. The Balaban J connectivity index is 3.10. The zero-order valence-corrected chi connectivity index (χ0v) is 10.7. The summed E-state index contributed by atoms with van der Waals surface area (Å²) in [4.78, 5) is 0. The second kappa shape index (κ2) is 4.27. The third-order valence-electron chi connectivity index (χ3n) is 1.67. The molecule has 0 atom stereocenters. The van der Waals surface area contributed by atoms with Crippen LogP contribution in [0.4, 0.5) is 0 Å². The molecule has 1 rings (SSSR count). The van der Waals surface area contributed by atoms with Crippen molar-refractivity contribution in [2.24, 2.45) is 0 Å². The molecule has 0 N–H and O–H groups in total. The fraction of sp³-hybridized carbons (Fsp3) is 0.222. The average molecular weight is 291 g/mol. The van der Waals surface area contributed by atoms with Crippen molar-refractivity contribution in [1.29, 1.82) is 0 Å². The van der Waals surface area contributed by atoms with Crippen molar-refractivity contribution in [2.45, 2.75) is 8.13 Å². The Kier molecular flexibility index (Phi) is 3.89. The van der Waals surface area contributed by atoms with Crippen LogP contribution in [0, 0.1) is 6.92 Å². The van der Waals surface area contributed by atoms with Gasteiger partial charge in [0.15, 0.2) is 4.33 Å². The quantitative estimate of drug-likeness (QED) is 0.648. The number of rotatable bonds is 1. The standard InChI is InChI=1S/C9H6Cl5/c1-6-2-4-7(5-3-6)8(10,11)9(12,13)14/h2-5H,1H2. The molecular formula is C9H6Cl5. The van der Waals surface area contributed by atoms with Gasteiger partial charge >= 0.3 is 0 Å². The van der Waals surface area contributed by atoms with Crippen LogP contribution in [0.5, 0.6) is 0 Å². The van der Waals surface area contributed by atoms with Gasteiger partial charge in [0.1, 0.15) is 0 Å². The Morgan fingerprint density at radius 2 is 1.29 bits per heavy atom. The van der Waals surface area contributed by atoms with Crippen LogP contribution < -0.4 is 0 Å². The Hall–Kier alpha value is 0.670. The Labute approximate surface area is 108 Å². The summed E-state index contributed by atoms with van der Waals surface area (Å²) in [5.74, 6) is 0. The number of hydrogen-bond acceptors (Lipinski definition) is 0. The third-order valence-corrected chi connectivity index (χ3v) is 4.11. The molecule has 0 aromatic heterocycles. The Morgan fingerprint density at radius 1 is 0.857 bits per heavy atom. The highest BCUT2D eigenvalue weighted by Crippen LogP contribution is 2.52. The molecule has 0 spiro atoms. The predicted molar refractivity (Wildman–Crippen MR) is 64.6 cm³/mol. The molecule has 0 unspecified atom stereocenters. The molecule has 0 heterocycles. The molecule has 1 aromatic rings. The van der Waals surface area contributed by atoms with Gasteiger partial charge in [-0.05, 0) is 18.1 Å². The fourth-order valence-electron chi connectivity index (χ4n) is 0.878. The van der Waals surface area contributed by atoms with Crippen LogP contribution in [-0.2, 0) is 4.33 Å². The van der Waals surface area contributed by atoms with Crippen LogP contribution in [0.3, 0.4) is 0 Å². The van der Waals surface area contributed by atoms with Gasteiger partial charge in [0.2, 0.25) is 3.79 Å². The topological polar surface area (TPSA) is 0 Å². The lowest BCUT2D eigenvalue weighted by Crippen LogP contribution is -2.28. The lowest BCUT2D eigenvalue weighted by Gasteiger charge is -2.27. The van der Waals surface area contributed by atoms with E-state index in [0.717, 1.165) is 5.56 Å².